The van der Waals surface area contributed by atoms with Crippen LogP contribution in [-0.2, 0) is 0 Å². The zero-order valence-corrected chi connectivity index (χ0v) is 8.67. The van der Waals surface area contributed by atoms with Gasteiger partial charge in [-0.1, -0.05) is 11.6 Å². The Balaban J connectivity index is 2.28. The van der Waals surface area contributed by atoms with Gasteiger partial charge in [0.25, 0.3) is 0 Å². The Morgan fingerprint density at radius 2 is 1.81 bits per heavy atom. The van der Waals surface area contributed by atoms with E-state index in [1.165, 1.54) is 18.5 Å². The van der Waals surface area contributed by atoms with Crippen LogP contribution < -0.4 is 5.32 Å². The maximum absolute atomic E-state index is 12.9. The number of nitrogens with zero attached hydrogens (tertiary/aromatic N) is 2. The van der Waals surface area contributed by atoms with Crippen LogP contribution in [0.2, 0.25) is 5.15 Å². The second-order valence-corrected chi connectivity index (χ2v) is 3.31. The molecule has 3 nitrogen and oxygen atoms in total. The summed E-state index contributed by atoms with van der Waals surface area (Å²) >= 11 is 5.74. The van der Waals surface area contributed by atoms with E-state index in [-0.39, 0.29) is 11.0 Å². The SMILES string of the molecule is Fc1ccc(Nc2nccnc2Cl)cc1F. The third-order valence-electron chi connectivity index (χ3n) is 1.84. The summed E-state index contributed by atoms with van der Waals surface area (Å²) in [5, 5.41) is 2.89. The molecule has 0 amide bonds. The zero-order valence-electron chi connectivity index (χ0n) is 7.92. The van der Waals surface area contributed by atoms with E-state index < -0.39 is 11.6 Å². The van der Waals surface area contributed by atoms with Gasteiger partial charge in [0.1, 0.15) is 0 Å². The molecule has 0 spiro atoms. The Bertz CT molecular complexity index is 519. The lowest BCUT2D eigenvalue weighted by molar-refractivity contribution is 0.509. The Kier molecular flexibility index (Phi) is 2.96. The molecule has 2 aromatic rings. The molecule has 0 atom stereocenters. The van der Waals surface area contributed by atoms with Gasteiger partial charge < -0.3 is 5.32 Å². The lowest BCUT2D eigenvalue weighted by atomic mass is 10.3. The molecule has 16 heavy (non-hydrogen) atoms. The number of anilines is 2. The van der Waals surface area contributed by atoms with Gasteiger partial charge in [0.05, 0.1) is 0 Å². The van der Waals surface area contributed by atoms with Gasteiger partial charge in [-0.15, -0.1) is 0 Å². The van der Waals surface area contributed by atoms with Crippen LogP contribution in [0.25, 0.3) is 0 Å². The number of halogens is 3. The van der Waals surface area contributed by atoms with Gasteiger partial charge in [-0.25, -0.2) is 18.7 Å². The molecule has 1 aromatic heterocycles. The number of benzene rings is 1. The topological polar surface area (TPSA) is 37.8 Å². The minimum absolute atomic E-state index is 0.159. The van der Waals surface area contributed by atoms with Gasteiger partial charge in [0.2, 0.25) is 0 Å². The molecular weight excluding hydrogens is 236 g/mol. The third-order valence-corrected chi connectivity index (χ3v) is 2.11. The lowest BCUT2D eigenvalue weighted by Crippen LogP contribution is -1.96. The van der Waals surface area contributed by atoms with Gasteiger partial charge in [-0.2, -0.15) is 0 Å². The van der Waals surface area contributed by atoms with Crippen molar-refractivity contribution in [2.24, 2.45) is 0 Å². The van der Waals surface area contributed by atoms with Gasteiger partial charge in [-0.3, -0.25) is 0 Å². The number of hydrogen-bond donors (Lipinski definition) is 1. The molecule has 0 saturated heterocycles. The van der Waals surface area contributed by atoms with E-state index in [0.717, 1.165) is 12.1 Å². The third kappa shape index (κ3) is 2.25. The Morgan fingerprint density at radius 3 is 2.50 bits per heavy atom. The number of rotatable bonds is 2. The minimum atomic E-state index is -0.940. The van der Waals surface area contributed by atoms with Crippen molar-refractivity contribution in [2.75, 3.05) is 5.32 Å². The molecule has 82 valence electrons. The van der Waals surface area contributed by atoms with E-state index in [9.17, 15) is 8.78 Å². The molecule has 6 heteroatoms. The van der Waals surface area contributed by atoms with Crippen molar-refractivity contribution in [3.05, 3.63) is 47.4 Å². The fourth-order valence-electron chi connectivity index (χ4n) is 1.12. The molecule has 0 aliphatic carbocycles. The fraction of sp³-hybridized carbons (Fsp3) is 0. The maximum Gasteiger partial charge on any atom is 0.171 e. The highest BCUT2D eigenvalue weighted by Crippen LogP contribution is 2.21. The average molecular weight is 242 g/mol. The van der Waals surface area contributed by atoms with Crippen molar-refractivity contribution >= 4 is 23.1 Å². The number of hydrogen-bond acceptors (Lipinski definition) is 3. The molecule has 0 radical (unpaired) electrons. The maximum atomic E-state index is 12.9. The predicted molar refractivity (Wildman–Crippen MR) is 56.7 cm³/mol. The van der Waals surface area contributed by atoms with Crippen molar-refractivity contribution in [1.29, 1.82) is 0 Å². The van der Waals surface area contributed by atoms with Crippen molar-refractivity contribution in [3.63, 3.8) is 0 Å². The highest BCUT2D eigenvalue weighted by molar-refractivity contribution is 6.31. The average Bonchev–Trinajstić information content (AvgIpc) is 2.27. The summed E-state index contributed by atoms with van der Waals surface area (Å²) in [4.78, 5) is 7.69. The molecule has 0 bridgehead atoms. The normalized spacial score (nSPS) is 10.2. The van der Waals surface area contributed by atoms with Crippen LogP contribution in [-0.4, -0.2) is 9.97 Å². The Hall–Kier alpha value is -1.75. The summed E-state index contributed by atoms with van der Waals surface area (Å²) < 4.78 is 25.6. The molecular formula is C10H6ClF2N3. The van der Waals surface area contributed by atoms with E-state index in [1.54, 1.807) is 0 Å². The molecule has 0 fully saturated rings. The first-order chi connectivity index (χ1) is 7.66. The first-order valence-corrected chi connectivity index (χ1v) is 4.73. The van der Waals surface area contributed by atoms with E-state index in [0.29, 0.717) is 5.69 Å². The zero-order chi connectivity index (χ0) is 11.5. The quantitative estimate of drug-likeness (QED) is 0.878. The van der Waals surface area contributed by atoms with Crippen molar-refractivity contribution in [3.8, 4) is 0 Å². The summed E-state index contributed by atoms with van der Waals surface area (Å²) in [7, 11) is 0. The summed E-state index contributed by atoms with van der Waals surface area (Å²) in [5.74, 6) is -1.56. The molecule has 1 N–H and O–H groups in total. The molecule has 0 aliphatic heterocycles. The molecule has 2 rings (SSSR count). The van der Waals surface area contributed by atoms with Gasteiger partial charge in [-0.05, 0) is 12.1 Å². The second-order valence-electron chi connectivity index (χ2n) is 2.95. The molecule has 1 heterocycles. The largest absolute Gasteiger partial charge is 0.338 e. The standard InChI is InChI=1S/C10H6ClF2N3/c11-9-10(15-4-3-14-9)16-6-1-2-7(12)8(13)5-6/h1-5H,(H,15,16). The molecule has 0 unspecified atom stereocenters. The van der Waals surface area contributed by atoms with Crippen LogP contribution >= 0.6 is 11.6 Å². The van der Waals surface area contributed by atoms with E-state index >= 15 is 0 Å². The summed E-state index contributed by atoms with van der Waals surface area (Å²) in [6.45, 7) is 0. The van der Waals surface area contributed by atoms with E-state index in [4.69, 9.17) is 11.6 Å². The predicted octanol–water partition coefficient (Wildman–Crippen LogP) is 3.15. The highest BCUT2D eigenvalue weighted by Gasteiger charge is 2.05. The second kappa shape index (κ2) is 4.40. The van der Waals surface area contributed by atoms with Crippen LogP contribution in [0.4, 0.5) is 20.3 Å². The van der Waals surface area contributed by atoms with Crippen molar-refractivity contribution in [1.82, 2.24) is 9.97 Å². The van der Waals surface area contributed by atoms with Gasteiger partial charge in [0.15, 0.2) is 22.6 Å². The summed E-state index contributed by atoms with van der Waals surface area (Å²) in [6.07, 6.45) is 2.87. The van der Waals surface area contributed by atoms with Gasteiger partial charge >= 0.3 is 0 Å². The minimum Gasteiger partial charge on any atom is -0.338 e. The molecule has 0 saturated carbocycles. The van der Waals surface area contributed by atoms with Crippen LogP contribution in [0.5, 0.6) is 0 Å². The van der Waals surface area contributed by atoms with Crippen LogP contribution in [0.3, 0.4) is 0 Å². The lowest BCUT2D eigenvalue weighted by Gasteiger charge is -2.06. The smallest absolute Gasteiger partial charge is 0.171 e. The Labute approximate surface area is 95.1 Å². The summed E-state index contributed by atoms with van der Waals surface area (Å²) in [5.41, 5.74) is 0.348. The first-order valence-electron chi connectivity index (χ1n) is 4.35. The highest BCUT2D eigenvalue weighted by atomic mass is 35.5. The van der Waals surface area contributed by atoms with Crippen LogP contribution in [0, 0.1) is 11.6 Å². The number of nitrogens with one attached hydrogen (secondary N) is 1. The van der Waals surface area contributed by atoms with Crippen LogP contribution in [0.15, 0.2) is 30.6 Å². The van der Waals surface area contributed by atoms with E-state index in [2.05, 4.69) is 15.3 Å². The fourth-order valence-corrected chi connectivity index (χ4v) is 1.27. The first kappa shape index (κ1) is 10.8. The number of aromatic nitrogens is 2. The monoisotopic (exact) mass is 241 g/mol. The van der Waals surface area contributed by atoms with E-state index in [1.807, 2.05) is 0 Å². The van der Waals surface area contributed by atoms with Crippen LogP contribution in [0.1, 0.15) is 0 Å². The van der Waals surface area contributed by atoms with Crippen molar-refractivity contribution in [2.45, 2.75) is 0 Å². The van der Waals surface area contributed by atoms with Gasteiger partial charge in [0, 0.05) is 24.1 Å². The Morgan fingerprint density at radius 1 is 1.06 bits per heavy atom. The molecule has 0 aliphatic rings. The van der Waals surface area contributed by atoms with Crippen molar-refractivity contribution < 1.29 is 8.78 Å². The summed E-state index contributed by atoms with van der Waals surface area (Å²) in [6, 6.07) is 3.41. The molecule has 1 aromatic carbocycles.